The van der Waals surface area contributed by atoms with Gasteiger partial charge in [0, 0.05) is 12.5 Å². The van der Waals surface area contributed by atoms with Gasteiger partial charge < -0.3 is 15.8 Å². The zero-order chi connectivity index (χ0) is 14.4. The molecule has 104 valence electrons. The van der Waals surface area contributed by atoms with E-state index in [0.717, 1.165) is 0 Å². The van der Waals surface area contributed by atoms with Gasteiger partial charge in [-0.05, 0) is 19.1 Å². The number of amides is 1. The molecule has 7 heteroatoms. The molecule has 0 spiro atoms. The minimum atomic E-state index is -2.98. The number of hydrogen-bond donors (Lipinski definition) is 2. The van der Waals surface area contributed by atoms with E-state index in [1.54, 1.807) is 13.0 Å². The lowest BCUT2D eigenvalue weighted by Crippen LogP contribution is -2.35. The average molecular weight is 288 g/mol. The molecule has 3 N–H and O–H groups in total. The average Bonchev–Trinajstić information content (AvgIpc) is 2.27. The Bertz CT molecular complexity index is 469. The highest BCUT2D eigenvalue weighted by Gasteiger charge is 2.17. The van der Waals surface area contributed by atoms with Crippen molar-refractivity contribution >= 4 is 23.1 Å². The van der Waals surface area contributed by atoms with Crippen LogP contribution in [0, 0.1) is 0 Å². The molecule has 0 bridgehead atoms. The van der Waals surface area contributed by atoms with Gasteiger partial charge in [0.25, 0.3) is 5.91 Å². The number of thiocarbonyl (C=S) groups is 1. The Morgan fingerprint density at radius 2 is 2.11 bits per heavy atom. The third kappa shape index (κ3) is 5.17. The van der Waals surface area contributed by atoms with Crippen LogP contribution < -0.4 is 15.8 Å². The van der Waals surface area contributed by atoms with E-state index >= 15 is 0 Å². The standard InChI is InChI=1S/C12H14F2N2O2S/c1-7(6-10(15)19)16-11(17)8-4-2-3-5-9(8)18-12(13)14/h2-5,7,12H,6H2,1H3,(H2,15,19)(H,16,17). The second-order valence-electron chi connectivity index (χ2n) is 3.92. The lowest BCUT2D eigenvalue weighted by Gasteiger charge is -2.15. The molecule has 0 fully saturated rings. The number of para-hydroxylation sites is 1. The second kappa shape index (κ2) is 6.98. The summed E-state index contributed by atoms with van der Waals surface area (Å²) in [7, 11) is 0. The van der Waals surface area contributed by atoms with Crippen LogP contribution in [-0.4, -0.2) is 23.5 Å². The normalized spacial score (nSPS) is 12.0. The number of hydrogen-bond acceptors (Lipinski definition) is 3. The highest BCUT2D eigenvalue weighted by molar-refractivity contribution is 7.80. The summed E-state index contributed by atoms with van der Waals surface area (Å²) in [5.41, 5.74) is 5.40. The van der Waals surface area contributed by atoms with E-state index in [-0.39, 0.29) is 22.3 Å². The largest absolute Gasteiger partial charge is 0.434 e. The number of alkyl halides is 2. The summed E-state index contributed by atoms with van der Waals surface area (Å²) in [6.45, 7) is -1.27. The van der Waals surface area contributed by atoms with Crippen molar-refractivity contribution < 1.29 is 18.3 Å². The zero-order valence-corrected chi connectivity index (χ0v) is 11.0. The topological polar surface area (TPSA) is 64.3 Å². The van der Waals surface area contributed by atoms with Crippen molar-refractivity contribution in [2.45, 2.75) is 26.0 Å². The second-order valence-corrected chi connectivity index (χ2v) is 4.44. The Labute approximate surface area is 114 Å². The number of halogens is 2. The number of nitrogens with two attached hydrogens (primary N) is 1. The van der Waals surface area contributed by atoms with Crippen molar-refractivity contribution in [2.75, 3.05) is 0 Å². The summed E-state index contributed by atoms with van der Waals surface area (Å²) >= 11 is 4.73. The fraction of sp³-hybridized carbons (Fsp3) is 0.333. The number of carbonyl (C=O) groups is 1. The van der Waals surface area contributed by atoms with Crippen LogP contribution in [0.2, 0.25) is 0 Å². The van der Waals surface area contributed by atoms with Crippen LogP contribution in [-0.2, 0) is 0 Å². The van der Waals surface area contributed by atoms with Gasteiger partial charge in [0.05, 0.1) is 10.6 Å². The molecule has 1 aromatic rings. The fourth-order valence-corrected chi connectivity index (χ4v) is 1.76. The smallest absolute Gasteiger partial charge is 0.387 e. The molecule has 19 heavy (non-hydrogen) atoms. The molecular weight excluding hydrogens is 274 g/mol. The Hall–Kier alpha value is -1.76. The molecule has 0 aromatic heterocycles. The molecule has 0 saturated heterocycles. The number of carbonyl (C=O) groups excluding carboxylic acids is 1. The molecule has 1 amide bonds. The summed E-state index contributed by atoms with van der Waals surface area (Å²) in [6, 6.07) is 5.49. The predicted octanol–water partition coefficient (Wildman–Crippen LogP) is 2.08. The third-order valence-corrected chi connectivity index (χ3v) is 2.40. The number of ether oxygens (including phenoxy) is 1. The van der Waals surface area contributed by atoms with Gasteiger partial charge in [-0.25, -0.2) is 0 Å². The number of benzene rings is 1. The van der Waals surface area contributed by atoms with Gasteiger partial charge in [-0.2, -0.15) is 8.78 Å². The third-order valence-electron chi connectivity index (χ3n) is 2.23. The van der Waals surface area contributed by atoms with Crippen molar-refractivity contribution in [1.82, 2.24) is 5.32 Å². The fourth-order valence-electron chi connectivity index (χ4n) is 1.51. The van der Waals surface area contributed by atoms with Crippen LogP contribution in [0.4, 0.5) is 8.78 Å². The van der Waals surface area contributed by atoms with E-state index < -0.39 is 12.5 Å². The first-order valence-corrected chi connectivity index (χ1v) is 5.94. The van der Waals surface area contributed by atoms with E-state index in [9.17, 15) is 13.6 Å². The van der Waals surface area contributed by atoms with Crippen LogP contribution in [0.15, 0.2) is 24.3 Å². The quantitative estimate of drug-likeness (QED) is 0.787. The first-order chi connectivity index (χ1) is 8.90. The zero-order valence-electron chi connectivity index (χ0n) is 10.2. The minimum absolute atomic E-state index is 0.0394. The van der Waals surface area contributed by atoms with Crippen molar-refractivity contribution in [1.29, 1.82) is 0 Å². The van der Waals surface area contributed by atoms with Crippen LogP contribution >= 0.6 is 12.2 Å². The Kier molecular flexibility index (Phi) is 5.62. The maximum absolute atomic E-state index is 12.2. The van der Waals surface area contributed by atoms with E-state index in [1.807, 2.05) is 0 Å². The molecule has 0 aliphatic carbocycles. The lowest BCUT2D eigenvalue weighted by atomic mass is 10.1. The minimum Gasteiger partial charge on any atom is -0.434 e. The number of nitrogens with one attached hydrogen (secondary N) is 1. The summed E-state index contributed by atoms with van der Waals surface area (Å²) in [4.78, 5) is 12.2. The monoisotopic (exact) mass is 288 g/mol. The molecule has 0 aliphatic heterocycles. The summed E-state index contributed by atoms with van der Waals surface area (Å²) < 4.78 is 28.7. The Balaban J connectivity index is 2.78. The van der Waals surface area contributed by atoms with E-state index in [1.165, 1.54) is 18.2 Å². The van der Waals surface area contributed by atoms with Crippen LogP contribution in [0.25, 0.3) is 0 Å². The van der Waals surface area contributed by atoms with Crippen molar-refractivity contribution in [3.63, 3.8) is 0 Å². The highest BCUT2D eigenvalue weighted by Crippen LogP contribution is 2.20. The molecule has 0 aliphatic rings. The first kappa shape index (κ1) is 15.3. The molecule has 0 radical (unpaired) electrons. The van der Waals surface area contributed by atoms with Crippen molar-refractivity contribution in [3.05, 3.63) is 29.8 Å². The van der Waals surface area contributed by atoms with Crippen molar-refractivity contribution in [2.24, 2.45) is 5.73 Å². The molecule has 0 saturated carbocycles. The van der Waals surface area contributed by atoms with Gasteiger partial charge in [0.1, 0.15) is 5.75 Å². The van der Waals surface area contributed by atoms with Gasteiger partial charge in [0.2, 0.25) is 0 Å². The van der Waals surface area contributed by atoms with Gasteiger partial charge in [-0.15, -0.1) is 0 Å². The molecule has 1 rings (SSSR count). The highest BCUT2D eigenvalue weighted by atomic mass is 32.1. The molecule has 0 heterocycles. The molecule has 1 unspecified atom stereocenters. The predicted molar refractivity (Wildman–Crippen MR) is 71.4 cm³/mol. The van der Waals surface area contributed by atoms with Crippen molar-refractivity contribution in [3.8, 4) is 5.75 Å². The SMILES string of the molecule is CC(CC(N)=S)NC(=O)c1ccccc1OC(F)F. The van der Waals surface area contributed by atoms with Gasteiger partial charge in [0.15, 0.2) is 0 Å². The maximum Gasteiger partial charge on any atom is 0.387 e. The van der Waals surface area contributed by atoms with Crippen LogP contribution in [0.3, 0.4) is 0 Å². The summed E-state index contributed by atoms with van der Waals surface area (Å²) in [5, 5.41) is 2.61. The van der Waals surface area contributed by atoms with Crippen LogP contribution in [0.1, 0.15) is 23.7 Å². The lowest BCUT2D eigenvalue weighted by molar-refractivity contribution is -0.0501. The molecule has 4 nitrogen and oxygen atoms in total. The van der Waals surface area contributed by atoms with Crippen LogP contribution in [0.5, 0.6) is 5.75 Å². The van der Waals surface area contributed by atoms with E-state index in [4.69, 9.17) is 18.0 Å². The summed E-state index contributed by atoms with van der Waals surface area (Å²) in [6.07, 6.45) is 0.332. The Morgan fingerprint density at radius 1 is 1.47 bits per heavy atom. The summed E-state index contributed by atoms with van der Waals surface area (Å²) in [5.74, 6) is -0.683. The molecular formula is C12H14F2N2O2S. The van der Waals surface area contributed by atoms with E-state index in [2.05, 4.69) is 10.1 Å². The maximum atomic E-state index is 12.2. The Morgan fingerprint density at radius 3 is 2.68 bits per heavy atom. The molecule has 1 atom stereocenters. The van der Waals surface area contributed by atoms with Gasteiger partial charge in [-0.1, -0.05) is 24.4 Å². The molecule has 1 aromatic carbocycles. The van der Waals surface area contributed by atoms with Gasteiger partial charge in [-0.3, -0.25) is 4.79 Å². The number of rotatable bonds is 6. The first-order valence-electron chi connectivity index (χ1n) is 5.53. The van der Waals surface area contributed by atoms with E-state index in [0.29, 0.717) is 6.42 Å². The van der Waals surface area contributed by atoms with Gasteiger partial charge >= 0.3 is 6.61 Å².